The molecule has 0 saturated heterocycles. The van der Waals surface area contributed by atoms with E-state index >= 15 is 0 Å². The standard InChI is InChI=1S/C32H47FO4/c1-4-9-24-11-13-25(14-12-24)26-15-17-28(18-16-26)32(35)37-29-20-19-27(30(33)22-29)10-7-5-6-8-21-36-31(34)23(2)3/h19-20,22,24-26,28H,2,4-18,21H2,1,3H3. The summed E-state index contributed by atoms with van der Waals surface area (Å²) in [5.41, 5.74) is 1.05. The van der Waals surface area contributed by atoms with Crippen molar-refractivity contribution in [3.8, 4) is 5.75 Å². The summed E-state index contributed by atoms with van der Waals surface area (Å²) in [6, 6.07) is 4.80. The molecular weight excluding hydrogens is 467 g/mol. The van der Waals surface area contributed by atoms with Gasteiger partial charge in [0.1, 0.15) is 11.6 Å². The summed E-state index contributed by atoms with van der Waals surface area (Å²) in [5.74, 6) is 1.90. The Labute approximate surface area is 223 Å². The van der Waals surface area contributed by atoms with Gasteiger partial charge in [0.25, 0.3) is 0 Å². The lowest BCUT2D eigenvalue weighted by atomic mass is 9.69. The van der Waals surface area contributed by atoms with E-state index in [9.17, 15) is 14.0 Å². The maximum Gasteiger partial charge on any atom is 0.333 e. The van der Waals surface area contributed by atoms with Gasteiger partial charge in [0.05, 0.1) is 12.5 Å². The van der Waals surface area contributed by atoms with Gasteiger partial charge in [-0.2, -0.15) is 0 Å². The van der Waals surface area contributed by atoms with E-state index in [0.29, 0.717) is 29.9 Å². The molecule has 2 fully saturated rings. The number of ether oxygens (including phenoxy) is 2. The first kappa shape index (κ1) is 29.4. The Morgan fingerprint density at radius 3 is 2.22 bits per heavy atom. The van der Waals surface area contributed by atoms with Crippen molar-refractivity contribution in [3.63, 3.8) is 0 Å². The van der Waals surface area contributed by atoms with Crippen LogP contribution in [0.15, 0.2) is 30.4 Å². The number of halogens is 1. The Hall–Kier alpha value is -2.17. The molecule has 3 rings (SSSR count). The van der Waals surface area contributed by atoms with Crippen molar-refractivity contribution in [1.82, 2.24) is 0 Å². The quantitative estimate of drug-likeness (QED) is 0.115. The van der Waals surface area contributed by atoms with Crippen LogP contribution in [0.1, 0.15) is 109 Å². The first-order valence-electron chi connectivity index (χ1n) is 14.7. The number of hydrogen-bond donors (Lipinski definition) is 0. The summed E-state index contributed by atoms with van der Waals surface area (Å²) < 4.78 is 25.3. The number of aryl methyl sites for hydroxylation is 1. The number of benzene rings is 1. The first-order chi connectivity index (χ1) is 17.9. The highest BCUT2D eigenvalue weighted by Crippen LogP contribution is 2.42. The van der Waals surface area contributed by atoms with Crippen molar-refractivity contribution < 1.29 is 23.5 Å². The zero-order valence-corrected chi connectivity index (χ0v) is 23.1. The van der Waals surface area contributed by atoms with E-state index in [4.69, 9.17) is 9.47 Å². The molecule has 0 spiro atoms. The van der Waals surface area contributed by atoms with Gasteiger partial charge in [0.2, 0.25) is 0 Å². The van der Waals surface area contributed by atoms with Gasteiger partial charge in [0, 0.05) is 11.6 Å². The molecule has 37 heavy (non-hydrogen) atoms. The molecule has 1 aromatic carbocycles. The lowest BCUT2D eigenvalue weighted by Gasteiger charge is -2.37. The molecule has 4 nitrogen and oxygen atoms in total. The maximum atomic E-state index is 14.6. The fourth-order valence-electron chi connectivity index (χ4n) is 6.24. The molecule has 2 aliphatic carbocycles. The minimum atomic E-state index is -0.351. The normalized spacial score (nSPS) is 23.9. The highest BCUT2D eigenvalue weighted by atomic mass is 19.1. The molecule has 0 aliphatic heterocycles. The third kappa shape index (κ3) is 9.57. The molecule has 206 valence electrons. The van der Waals surface area contributed by atoms with Gasteiger partial charge in [-0.05, 0) is 94.1 Å². The number of unbranched alkanes of at least 4 members (excludes halogenated alkanes) is 3. The van der Waals surface area contributed by atoms with Crippen molar-refractivity contribution in [2.75, 3.05) is 6.61 Å². The van der Waals surface area contributed by atoms with Crippen molar-refractivity contribution in [2.45, 2.75) is 110 Å². The third-order valence-corrected chi connectivity index (χ3v) is 8.53. The molecule has 0 radical (unpaired) electrons. The highest BCUT2D eigenvalue weighted by molar-refractivity contribution is 5.86. The lowest BCUT2D eigenvalue weighted by Crippen LogP contribution is -2.30. The molecule has 0 heterocycles. The molecule has 0 aromatic heterocycles. The zero-order valence-electron chi connectivity index (χ0n) is 23.1. The topological polar surface area (TPSA) is 52.6 Å². The smallest absolute Gasteiger partial charge is 0.333 e. The number of carbonyl (C=O) groups is 2. The number of carbonyl (C=O) groups excluding carboxylic acids is 2. The van der Waals surface area contributed by atoms with Gasteiger partial charge in [0.15, 0.2) is 0 Å². The van der Waals surface area contributed by atoms with Gasteiger partial charge >= 0.3 is 11.9 Å². The van der Waals surface area contributed by atoms with Crippen LogP contribution in [0.4, 0.5) is 4.39 Å². The molecular formula is C32H47FO4. The Bertz CT molecular complexity index is 879. The molecule has 2 saturated carbocycles. The van der Waals surface area contributed by atoms with Gasteiger partial charge in [-0.25, -0.2) is 9.18 Å². The van der Waals surface area contributed by atoms with E-state index in [1.165, 1.54) is 44.6 Å². The highest BCUT2D eigenvalue weighted by Gasteiger charge is 2.33. The summed E-state index contributed by atoms with van der Waals surface area (Å²) in [6.07, 6.45) is 16.3. The summed E-state index contributed by atoms with van der Waals surface area (Å²) >= 11 is 0. The Balaban J connectivity index is 1.33. The van der Waals surface area contributed by atoms with E-state index < -0.39 is 0 Å². The van der Waals surface area contributed by atoms with Crippen LogP contribution in [0.2, 0.25) is 0 Å². The second kappa shape index (κ2) is 15.3. The van der Waals surface area contributed by atoms with E-state index in [1.807, 2.05) is 0 Å². The molecule has 0 unspecified atom stereocenters. The second-order valence-corrected chi connectivity index (χ2v) is 11.4. The Morgan fingerprint density at radius 1 is 0.946 bits per heavy atom. The minimum absolute atomic E-state index is 0.0647. The molecule has 5 heteroatoms. The van der Waals surface area contributed by atoms with Gasteiger partial charge in [-0.15, -0.1) is 0 Å². The fraction of sp³-hybridized carbons (Fsp3) is 0.688. The third-order valence-electron chi connectivity index (χ3n) is 8.53. The summed E-state index contributed by atoms with van der Waals surface area (Å²) in [6.45, 7) is 7.87. The Morgan fingerprint density at radius 2 is 1.59 bits per heavy atom. The van der Waals surface area contributed by atoms with Crippen LogP contribution in [0.5, 0.6) is 5.75 Å². The summed E-state index contributed by atoms with van der Waals surface area (Å²) in [5, 5.41) is 0. The van der Waals surface area contributed by atoms with E-state index in [2.05, 4.69) is 13.5 Å². The predicted molar refractivity (Wildman–Crippen MR) is 146 cm³/mol. The molecule has 2 aliphatic rings. The van der Waals surface area contributed by atoms with Crippen LogP contribution in [0.3, 0.4) is 0 Å². The fourth-order valence-corrected chi connectivity index (χ4v) is 6.24. The molecule has 0 atom stereocenters. The number of rotatable bonds is 13. The van der Waals surface area contributed by atoms with Crippen LogP contribution in [-0.2, 0) is 20.7 Å². The van der Waals surface area contributed by atoms with Gasteiger partial charge in [-0.1, -0.05) is 58.1 Å². The average molecular weight is 515 g/mol. The zero-order chi connectivity index (χ0) is 26.6. The van der Waals surface area contributed by atoms with Crippen LogP contribution < -0.4 is 4.74 Å². The molecule has 0 amide bonds. The molecule has 0 N–H and O–H groups in total. The molecule has 0 bridgehead atoms. The first-order valence-corrected chi connectivity index (χ1v) is 14.7. The molecule has 1 aromatic rings. The SMILES string of the molecule is C=C(C)C(=O)OCCCCCCc1ccc(OC(=O)C2CCC(C3CCC(CCC)CC3)CC2)cc1F. The van der Waals surface area contributed by atoms with Crippen molar-refractivity contribution in [3.05, 3.63) is 41.7 Å². The Kier molecular flexibility index (Phi) is 12.1. The lowest BCUT2D eigenvalue weighted by molar-refractivity contribution is -0.140. The van der Waals surface area contributed by atoms with Crippen LogP contribution >= 0.6 is 0 Å². The van der Waals surface area contributed by atoms with E-state index in [0.717, 1.165) is 69.1 Å². The summed E-state index contributed by atoms with van der Waals surface area (Å²) in [4.78, 5) is 24.1. The van der Waals surface area contributed by atoms with E-state index in [-0.39, 0.29) is 23.7 Å². The second-order valence-electron chi connectivity index (χ2n) is 11.4. The van der Waals surface area contributed by atoms with E-state index in [1.54, 1.807) is 19.1 Å². The van der Waals surface area contributed by atoms with Gasteiger partial charge < -0.3 is 9.47 Å². The van der Waals surface area contributed by atoms with Crippen LogP contribution in [0.25, 0.3) is 0 Å². The number of hydrogen-bond acceptors (Lipinski definition) is 4. The summed E-state index contributed by atoms with van der Waals surface area (Å²) in [7, 11) is 0. The average Bonchev–Trinajstić information content (AvgIpc) is 2.89. The predicted octanol–water partition coefficient (Wildman–Crippen LogP) is 8.37. The van der Waals surface area contributed by atoms with Crippen molar-refractivity contribution in [1.29, 1.82) is 0 Å². The van der Waals surface area contributed by atoms with Crippen molar-refractivity contribution >= 4 is 11.9 Å². The largest absolute Gasteiger partial charge is 0.462 e. The number of esters is 2. The van der Waals surface area contributed by atoms with Crippen LogP contribution in [-0.4, -0.2) is 18.5 Å². The van der Waals surface area contributed by atoms with Crippen LogP contribution in [0, 0.1) is 29.5 Å². The maximum absolute atomic E-state index is 14.6. The van der Waals surface area contributed by atoms with Crippen molar-refractivity contribution in [2.24, 2.45) is 23.7 Å². The monoisotopic (exact) mass is 514 g/mol. The van der Waals surface area contributed by atoms with Gasteiger partial charge in [-0.3, -0.25) is 4.79 Å². The minimum Gasteiger partial charge on any atom is -0.462 e.